The van der Waals surface area contributed by atoms with Crippen molar-refractivity contribution in [2.45, 2.75) is 26.3 Å². The van der Waals surface area contributed by atoms with E-state index < -0.39 is 24.0 Å². The minimum Gasteiger partial charge on any atom is -0.452 e. The largest absolute Gasteiger partial charge is 0.452 e. The van der Waals surface area contributed by atoms with Crippen molar-refractivity contribution in [2.24, 2.45) is 5.92 Å². The molecule has 0 aromatic heterocycles. The molecule has 1 atom stereocenters. The Hall–Kier alpha value is -1.58. The molecule has 1 aromatic carbocycles. The fourth-order valence-corrected chi connectivity index (χ4v) is 2.05. The quantitative estimate of drug-likeness (QED) is 0.786. The number of nitrogens with zero attached hydrogens (tertiary/aromatic N) is 1. The number of hydrogen-bond acceptors (Lipinski definition) is 4. The van der Waals surface area contributed by atoms with Crippen LogP contribution in [0.25, 0.3) is 0 Å². The Morgan fingerprint density at radius 2 is 2.14 bits per heavy atom. The maximum Gasteiger partial charge on any atom is 0.340 e. The summed E-state index contributed by atoms with van der Waals surface area (Å²) in [5.41, 5.74) is -0.854. The average Bonchev–Trinajstić information content (AvgIpc) is 2.46. The summed E-state index contributed by atoms with van der Waals surface area (Å²) in [6.07, 6.45) is 0. The Balaban J connectivity index is 2.67. The highest BCUT2D eigenvalue weighted by Crippen LogP contribution is 2.21. The number of rotatable bonds is 5. The Morgan fingerprint density at radius 1 is 1.50 bits per heavy atom. The lowest BCUT2D eigenvalue weighted by Gasteiger charge is -2.27. The lowest BCUT2D eigenvalue weighted by Crippen LogP contribution is -2.50. The third-order valence-electron chi connectivity index (χ3n) is 3.27. The zero-order valence-corrected chi connectivity index (χ0v) is 14.8. The van der Waals surface area contributed by atoms with E-state index in [9.17, 15) is 9.59 Å². The molecule has 1 N–H and O–H groups in total. The van der Waals surface area contributed by atoms with E-state index in [1.165, 1.54) is 6.07 Å². The molecule has 118 valence electrons. The topological polar surface area (TPSA) is 79.2 Å². The van der Waals surface area contributed by atoms with E-state index in [-0.39, 0.29) is 16.5 Å². The summed E-state index contributed by atoms with van der Waals surface area (Å²) >= 11 is 9.14. The highest BCUT2D eigenvalue weighted by molar-refractivity contribution is 9.10. The van der Waals surface area contributed by atoms with Crippen LogP contribution in [0.4, 0.5) is 0 Å². The smallest absolute Gasteiger partial charge is 0.340 e. The van der Waals surface area contributed by atoms with E-state index in [0.29, 0.717) is 4.47 Å². The summed E-state index contributed by atoms with van der Waals surface area (Å²) in [6, 6.07) is 6.79. The fraction of sp³-hybridized carbons (Fsp3) is 0.400. The van der Waals surface area contributed by atoms with Crippen molar-refractivity contribution in [3.8, 4) is 6.07 Å². The van der Waals surface area contributed by atoms with Gasteiger partial charge in [-0.05, 0) is 31.0 Å². The molecule has 0 radical (unpaired) electrons. The number of benzene rings is 1. The van der Waals surface area contributed by atoms with Crippen molar-refractivity contribution >= 4 is 39.4 Å². The number of nitriles is 1. The molecule has 0 aliphatic rings. The zero-order chi connectivity index (χ0) is 16.9. The maximum absolute atomic E-state index is 11.9. The summed E-state index contributed by atoms with van der Waals surface area (Å²) < 4.78 is 5.60. The standard InChI is InChI=1S/C15H16BrClN2O3/c1-9(2)15(3,8-18)19-13(20)7-22-14(21)11-6-10(16)4-5-12(11)17/h4-6,9H,7H2,1-3H3,(H,19,20)/t15-/m1/s1. The molecular weight excluding hydrogens is 372 g/mol. The van der Waals surface area contributed by atoms with E-state index in [1.807, 2.05) is 19.9 Å². The van der Waals surface area contributed by atoms with Gasteiger partial charge in [0.2, 0.25) is 0 Å². The highest BCUT2D eigenvalue weighted by atomic mass is 79.9. The third kappa shape index (κ3) is 4.72. The van der Waals surface area contributed by atoms with Crippen LogP contribution in [0.2, 0.25) is 5.02 Å². The molecule has 0 aliphatic carbocycles. The van der Waals surface area contributed by atoms with Crippen LogP contribution in [0, 0.1) is 17.2 Å². The predicted octanol–water partition coefficient (Wildman–Crippen LogP) is 3.31. The average molecular weight is 388 g/mol. The first kappa shape index (κ1) is 18.5. The number of halogens is 2. The Morgan fingerprint density at radius 3 is 2.68 bits per heavy atom. The van der Waals surface area contributed by atoms with Crippen LogP contribution in [0.5, 0.6) is 0 Å². The molecule has 0 aliphatic heterocycles. The van der Waals surface area contributed by atoms with Crippen LogP contribution >= 0.6 is 27.5 Å². The van der Waals surface area contributed by atoms with Crippen molar-refractivity contribution in [3.63, 3.8) is 0 Å². The van der Waals surface area contributed by atoms with Gasteiger partial charge in [-0.2, -0.15) is 5.26 Å². The number of hydrogen-bond donors (Lipinski definition) is 1. The van der Waals surface area contributed by atoms with Gasteiger partial charge in [0.1, 0.15) is 5.54 Å². The number of ether oxygens (including phenoxy) is 1. The van der Waals surface area contributed by atoms with Gasteiger partial charge < -0.3 is 10.1 Å². The number of nitrogens with one attached hydrogen (secondary N) is 1. The molecule has 0 spiro atoms. The SMILES string of the molecule is CC(C)[C@@](C)(C#N)NC(=O)COC(=O)c1cc(Br)ccc1Cl. The van der Waals surface area contributed by atoms with Crippen molar-refractivity contribution in [3.05, 3.63) is 33.3 Å². The molecule has 0 fully saturated rings. The van der Waals surface area contributed by atoms with Crippen LogP contribution in [0.15, 0.2) is 22.7 Å². The van der Waals surface area contributed by atoms with Crippen molar-refractivity contribution in [2.75, 3.05) is 6.61 Å². The third-order valence-corrected chi connectivity index (χ3v) is 4.09. The normalized spacial score (nSPS) is 13.1. The van der Waals surface area contributed by atoms with Gasteiger partial charge in [-0.25, -0.2) is 4.79 Å². The second-order valence-corrected chi connectivity index (χ2v) is 6.54. The van der Waals surface area contributed by atoms with Gasteiger partial charge in [-0.3, -0.25) is 4.79 Å². The van der Waals surface area contributed by atoms with E-state index in [4.69, 9.17) is 21.6 Å². The fourth-order valence-electron chi connectivity index (χ4n) is 1.49. The van der Waals surface area contributed by atoms with Gasteiger partial charge in [0.05, 0.1) is 16.7 Å². The van der Waals surface area contributed by atoms with Crippen molar-refractivity contribution in [1.29, 1.82) is 5.26 Å². The van der Waals surface area contributed by atoms with Gasteiger partial charge in [-0.1, -0.05) is 41.4 Å². The van der Waals surface area contributed by atoms with E-state index in [1.54, 1.807) is 19.1 Å². The summed E-state index contributed by atoms with van der Waals surface area (Å²) in [5, 5.41) is 11.9. The Labute approximate surface area is 142 Å². The molecule has 1 rings (SSSR count). The van der Waals surface area contributed by atoms with Crippen LogP contribution in [-0.4, -0.2) is 24.0 Å². The number of carbonyl (C=O) groups is 2. The van der Waals surface area contributed by atoms with E-state index >= 15 is 0 Å². The monoisotopic (exact) mass is 386 g/mol. The summed E-state index contributed by atoms with van der Waals surface area (Å²) in [6.45, 7) is 4.77. The molecule has 5 nitrogen and oxygen atoms in total. The number of amides is 1. The predicted molar refractivity (Wildman–Crippen MR) is 86.4 cm³/mol. The molecule has 0 unspecified atom stereocenters. The minimum atomic E-state index is -1.02. The molecule has 1 aromatic rings. The van der Waals surface area contributed by atoms with Gasteiger partial charge in [0, 0.05) is 4.47 Å². The Bertz CT molecular complexity index is 628. The van der Waals surface area contributed by atoms with Crippen LogP contribution in [-0.2, 0) is 9.53 Å². The van der Waals surface area contributed by atoms with E-state index in [0.717, 1.165) is 0 Å². The lowest BCUT2D eigenvalue weighted by atomic mass is 9.90. The first-order valence-corrected chi connectivity index (χ1v) is 7.71. The Kier molecular flexibility index (Phi) is 6.39. The second-order valence-electron chi connectivity index (χ2n) is 5.22. The molecule has 0 saturated carbocycles. The molecule has 0 saturated heterocycles. The van der Waals surface area contributed by atoms with Crippen molar-refractivity contribution in [1.82, 2.24) is 5.32 Å². The number of carbonyl (C=O) groups excluding carboxylic acids is 2. The zero-order valence-electron chi connectivity index (χ0n) is 12.4. The molecular formula is C15H16BrClN2O3. The minimum absolute atomic E-state index is 0.0864. The first-order chi connectivity index (χ1) is 10.2. The molecule has 0 heterocycles. The second kappa shape index (κ2) is 7.61. The molecule has 1 amide bonds. The van der Waals surface area contributed by atoms with Gasteiger partial charge in [-0.15, -0.1) is 0 Å². The van der Waals surface area contributed by atoms with Crippen LogP contribution in [0.3, 0.4) is 0 Å². The van der Waals surface area contributed by atoms with Crippen LogP contribution in [0.1, 0.15) is 31.1 Å². The molecule has 0 bridgehead atoms. The van der Waals surface area contributed by atoms with E-state index in [2.05, 4.69) is 21.2 Å². The summed E-state index contributed by atoms with van der Waals surface area (Å²) in [4.78, 5) is 23.7. The molecule has 7 heteroatoms. The van der Waals surface area contributed by atoms with Gasteiger partial charge >= 0.3 is 5.97 Å². The lowest BCUT2D eigenvalue weighted by molar-refractivity contribution is -0.125. The van der Waals surface area contributed by atoms with Gasteiger partial charge in [0.15, 0.2) is 6.61 Å². The molecule has 22 heavy (non-hydrogen) atoms. The highest BCUT2D eigenvalue weighted by Gasteiger charge is 2.30. The first-order valence-electron chi connectivity index (χ1n) is 6.54. The summed E-state index contributed by atoms with van der Waals surface area (Å²) in [7, 11) is 0. The van der Waals surface area contributed by atoms with Crippen LogP contribution < -0.4 is 5.32 Å². The maximum atomic E-state index is 11.9. The summed E-state index contributed by atoms with van der Waals surface area (Å²) in [5.74, 6) is -1.33. The number of esters is 1. The van der Waals surface area contributed by atoms with Gasteiger partial charge in [0.25, 0.3) is 5.91 Å². The van der Waals surface area contributed by atoms with Crippen molar-refractivity contribution < 1.29 is 14.3 Å².